The van der Waals surface area contributed by atoms with E-state index in [0.29, 0.717) is 52.2 Å². The Bertz CT molecular complexity index is 1060. The molecule has 0 spiro atoms. The third-order valence-corrected chi connectivity index (χ3v) is 17.8. The van der Waals surface area contributed by atoms with Crippen molar-refractivity contribution in [3.05, 3.63) is 0 Å². The van der Waals surface area contributed by atoms with Crippen LogP contribution in [0.4, 0.5) is 0 Å². The van der Waals surface area contributed by atoms with Gasteiger partial charge in [-0.3, -0.25) is 0 Å². The number of hydrogen-bond acceptors (Lipinski definition) is 4. The Morgan fingerprint density at radius 3 is 1.29 bits per heavy atom. The normalized spacial score (nSPS) is 44.5. The second-order valence-corrected chi connectivity index (χ2v) is 22.7. The molecule has 52 heavy (non-hydrogen) atoms. The molecule has 4 nitrogen and oxygen atoms in total. The fraction of sp³-hybridized carbons (Fsp3) is 1.00. The standard InChI is InChI=1S/2C10H18O.C10H18.2C9H16O/c1-8(2)10-5-3-9(4-6-10)11-7-10;1-7(2)8-5-9-3-4-10(6-8)11-9;1-8(2)10-5-3-4-9(6-10)7-10;1-8(2,3)9-4-7(5-9)10-6-9;1-7(2)9-4-3-8(5-9)10-6-9/h8-9H,3-7H2,1-2H3;7-10H,3-6H2,1-2H3;8-9H,3-7H2,1-2H3;7H,4-6H2,1-3H3;7-8H,3-6H2,1-2H3. The van der Waals surface area contributed by atoms with Crippen molar-refractivity contribution in [2.75, 3.05) is 19.8 Å². The summed E-state index contributed by atoms with van der Waals surface area (Å²) in [6.07, 6.45) is 28.3. The van der Waals surface area contributed by atoms with E-state index in [-0.39, 0.29) is 0 Å². The Labute approximate surface area is 322 Å². The summed E-state index contributed by atoms with van der Waals surface area (Å²) in [5, 5.41) is 0. The monoisotopic (exact) mass is 727 g/mol. The highest BCUT2D eigenvalue weighted by atomic mass is 16.5. The molecular formula is C48H86O4. The molecule has 13 rings (SSSR count). The number of ether oxygens (including phenoxy) is 4. The van der Waals surface area contributed by atoms with E-state index in [0.717, 1.165) is 60.7 Å². The Kier molecular flexibility index (Phi) is 13.1. The summed E-state index contributed by atoms with van der Waals surface area (Å²) in [6.45, 7) is 28.9. The topological polar surface area (TPSA) is 36.9 Å². The second-order valence-electron chi connectivity index (χ2n) is 22.7. The highest BCUT2D eigenvalue weighted by Crippen LogP contribution is 2.60. The third kappa shape index (κ3) is 8.86. The van der Waals surface area contributed by atoms with Crippen LogP contribution < -0.4 is 0 Å². The molecular weight excluding hydrogens is 641 g/mol. The van der Waals surface area contributed by atoms with Gasteiger partial charge >= 0.3 is 0 Å². The lowest BCUT2D eigenvalue weighted by molar-refractivity contribution is -0.133. The molecule has 6 saturated carbocycles. The summed E-state index contributed by atoms with van der Waals surface area (Å²) in [5.74, 6) is 5.52. The van der Waals surface area contributed by atoms with Crippen LogP contribution in [0.15, 0.2) is 0 Å². The molecule has 10 bridgehead atoms. The highest BCUT2D eigenvalue weighted by Gasteiger charge is 2.58. The lowest BCUT2D eigenvalue weighted by Gasteiger charge is -2.55. The van der Waals surface area contributed by atoms with Crippen molar-refractivity contribution in [1.29, 1.82) is 0 Å². The van der Waals surface area contributed by atoms with Gasteiger partial charge in [0.25, 0.3) is 0 Å². The lowest BCUT2D eigenvalue weighted by Crippen LogP contribution is -2.45. The first-order valence-electron chi connectivity index (χ1n) is 23.0. The van der Waals surface area contributed by atoms with E-state index in [9.17, 15) is 0 Å². The molecule has 4 atom stereocenters. The molecule has 6 aliphatic carbocycles. The van der Waals surface area contributed by atoms with Crippen molar-refractivity contribution in [3.63, 3.8) is 0 Å². The van der Waals surface area contributed by atoms with E-state index in [2.05, 4.69) is 76.2 Å². The molecule has 0 aromatic rings. The van der Waals surface area contributed by atoms with Crippen LogP contribution >= 0.6 is 0 Å². The van der Waals surface area contributed by atoms with Crippen molar-refractivity contribution < 1.29 is 18.9 Å². The lowest BCUT2D eigenvalue weighted by atomic mass is 9.50. The van der Waals surface area contributed by atoms with Crippen molar-refractivity contribution in [1.82, 2.24) is 0 Å². The fourth-order valence-electron chi connectivity index (χ4n) is 12.5. The molecule has 7 aliphatic heterocycles. The number of fused-ring (bicyclic) bond motifs is 10. The SMILES string of the molecule is CC(C)(C)C12COC(C1)C2.CC(C)C12CCC(C1)OC2.CC(C)C12CCC(CC1)OC2.CC(C)C12CCCC(C1)C2.CC(C)C1CC2CCC(C1)O2. The van der Waals surface area contributed by atoms with Crippen LogP contribution in [0.3, 0.4) is 0 Å². The minimum Gasteiger partial charge on any atom is -0.378 e. The van der Waals surface area contributed by atoms with E-state index in [1.807, 2.05) is 0 Å². The molecule has 0 aromatic heterocycles. The average Bonchev–Trinajstić information content (AvgIpc) is 3.95. The first-order valence-corrected chi connectivity index (χ1v) is 23.0. The zero-order valence-electron chi connectivity index (χ0n) is 36.3. The molecule has 4 unspecified atom stereocenters. The predicted octanol–water partition coefficient (Wildman–Crippen LogP) is 12.8. The van der Waals surface area contributed by atoms with Gasteiger partial charge in [0.15, 0.2) is 0 Å². The first kappa shape index (κ1) is 41.5. The summed E-state index contributed by atoms with van der Waals surface area (Å²) >= 11 is 0. The Morgan fingerprint density at radius 1 is 0.481 bits per heavy atom. The Balaban J connectivity index is 0.000000112. The molecule has 0 aromatic carbocycles. The number of hydrogen-bond donors (Lipinski definition) is 0. The summed E-state index contributed by atoms with van der Waals surface area (Å²) < 4.78 is 22.7. The zero-order chi connectivity index (χ0) is 37.5. The van der Waals surface area contributed by atoms with E-state index >= 15 is 0 Å². The largest absolute Gasteiger partial charge is 0.378 e. The van der Waals surface area contributed by atoms with E-state index in [4.69, 9.17) is 18.9 Å². The minimum absolute atomic E-state index is 0.458. The van der Waals surface area contributed by atoms with Crippen LogP contribution in [0.2, 0.25) is 0 Å². The van der Waals surface area contributed by atoms with Gasteiger partial charge in [-0.25, -0.2) is 0 Å². The van der Waals surface area contributed by atoms with Crippen molar-refractivity contribution in [2.45, 2.75) is 222 Å². The van der Waals surface area contributed by atoms with Gasteiger partial charge in [-0.1, -0.05) is 89.0 Å². The van der Waals surface area contributed by atoms with Crippen LogP contribution in [-0.2, 0) is 18.9 Å². The summed E-state index contributed by atoms with van der Waals surface area (Å²) in [7, 11) is 0. The van der Waals surface area contributed by atoms with Gasteiger partial charge in [0.2, 0.25) is 0 Å². The second kappa shape index (κ2) is 16.4. The third-order valence-electron chi connectivity index (χ3n) is 17.8. The van der Waals surface area contributed by atoms with Crippen LogP contribution in [0.5, 0.6) is 0 Å². The van der Waals surface area contributed by atoms with Crippen LogP contribution in [-0.4, -0.2) is 50.3 Å². The molecule has 0 N–H and O–H groups in total. The molecule has 7 heterocycles. The molecule has 4 heteroatoms. The maximum Gasteiger partial charge on any atom is 0.0588 e. The van der Waals surface area contributed by atoms with Gasteiger partial charge in [-0.2, -0.15) is 0 Å². The van der Waals surface area contributed by atoms with Gasteiger partial charge in [0.1, 0.15) is 0 Å². The Morgan fingerprint density at radius 2 is 1.00 bits per heavy atom. The van der Waals surface area contributed by atoms with Crippen LogP contribution in [0.25, 0.3) is 0 Å². The predicted molar refractivity (Wildman–Crippen MR) is 217 cm³/mol. The minimum atomic E-state index is 0.458. The molecule has 13 aliphatic rings. The molecule has 0 amide bonds. The van der Waals surface area contributed by atoms with Gasteiger partial charge in [0.05, 0.1) is 50.3 Å². The van der Waals surface area contributed by atoms with Gasteiger partial charge < -0.3 is 18.9 Å². The van der Waals surface area contributed by atoms with Gasteiger partial charge in [0, 0.05) is 5.41 Å². The van der Waals surface area contributed by atoms with Crippen molar-refractivity contribution in [3.8, 4) is 0 Å². The van der Waals surface area contributed by atoms with Crippen LogP contribution in [0.1, 0.15) is 192 Å². The van der Waals surface area contributed by atoms with E-state index < -0.39 is 0 Å². The molecule has 7 saturated heterocycles. The van der Waals surface area contributed by atoms with Crippen molar-refractivity contribution >= 4 is 0 Å². The number of rotatable bonds is 4. The maximum atomic E-state index is 5.78. The summed E-state index contributed by atoms with van der Waals surface area (Å²) in [5.41, 5.74) is 2.99. The highest BCUT2D eigenvalue weighted by molar-refractivity contribution is 5.06. The van der Waals surface area contributed by atoms with Crippen LogP contribution in [0, 0.1) is 62.6 Å². The maximum absolute atomic E-state index is 5.78. The molecule has 13 fully saturated rings. The average molecular weight is 727 g/mol. The first-order chi connectivity index (χ1) is 24.5. The Hall–Kier alpha value is -0.160. The van der Waals surface area contributed by atoms with E-state index in [1.165, 1.54) is 103 Å². The quantitative estimate of drug-likeness (QED) is 0.289. The summed E-state index contributed by atoms with van der Waals surface area (Å²) in [6, 6.07) is 0. The van der Waals surface area contributed by atoms with Gasteiger partial charge in [-0.15, -0.1) is 0 Å². The smallest absolute Gasteiger partial charge is 0.0588 e. The van der Waals surface area contributed by atoms with Crippen molar-refractivity contribution in [2.24, 2.45) is 62.6 Å². The van der Waals surface area contributed by atoms with E-state index in [1.54, 1.807) is 12.8 Å². The summed E-state index contributed by atoms with van der Waals surface area (Å²) in [4.78, 5) is 0. The van der Waals surface area contributed by atoms with Gasteiger partial charge in [-0.05, 0) is 160 Å². The zero-order valence-corrected chi connectivity index (χ0v) is 36.3. The fourth-order valence-corrected chi connectivity index (χ4v) is 12.5. The molecule has 302 valence electrons. The molecule has 0 radical (unpaired) electrons.